The molecule has 33 heavy (non-hydrogen) atoms. The van der Waals surface area contributed by atoms with Gasteiger partial charge in [-0.25, -0.2) is 9.97 Å². The van der Waals surface area contributed by atoms with Gasteiger partial charge in [-0.05, 0) is 68.5 Å². The molecule has 166 valence electrons. The maximum absolute atomic E-state index is 13.5. The molecule has 0 unspecified atom stereocenters. The second-order valence-corrected chi connectivity index (χ2v) is 9.66. The van der Waals surface area contributed by atoms with E-state index in [1.807, 2.05) is 43.3 Å². The van der Waals surface area contributed by atoms with E-state index in [0.29, 0.717) is 29.5 Å². The quantitative estimate of drug-likeness (QED) is 0.436. The van der Waals surface area contributed by atoms with Crippen LogP contribution in [0.25, 0.3) is 16.9 Å². The number of hydrogen-bond donors (Lipinski definition) is 1. The number of aryl methyl sites for hydroxylation is 1. The Balaban J connectivity index is 1.36. The SMILES string of the molecule is Cc1nn(-c2ccccn2)c2nc(C3CC3)cc(C(=O)NCC3(c4ccc(Cl)cc4)CC3)c12. The first kappa shape index (κ1) is 20.4. The second kappa shape index (κ2) is 7.66. The van der Waals surface area contributed by atoms with E-state index in [-0.39, 0.29) is 11.3 Å². The topological polar surface area (TPSA) is 72.7 Å². The van der Waals surface area contributed by atoms with Gasteiger partial charge in [-0.1, -0.05) is 29.8 Å². The van der Waals surface area contributed by atoms with Crippen LogP contribution in [-0.2, 0) is 5.41 Å². The largest absolute Gasteiger partial charge is 0.351 e. The molecule has 3 heterocycles. The molecule has 3 aromatic heterocycles. The maximum atomic E-state index is 13.5. The fourth-order valence-corrected chi connectivity index (χ4v) is 4.71. The summed E-state index contributed by atoms with van der Waals surface area (Å²) < 4.78 is 1.75. The van der Waals surface area contributed by atoms with Crippen LogP contribution < -0.4 is 5.32 Å². The van der Waals surface area contributed by atoms with E-state index >= 15 is 0 Å². The molecule has 1 amide bonds. The van der Waals surface area contributed by atoms with E-state index < -0.39 is 0 Å². The lowest BCUT2D eigenvalue weighted by atomic mass is 9.96. The molecule has 0 saturated heterocycles. The first-order chi connectivity index (χ1) is 16.0. The highest BCUT2D eigenvalue weighted by Gasteiger charge is 2.44. The molecule has 0 atom stereocenters. The molecule has 4 aromatic rings. The Bertz CT molecular complexity index is 1360. The van der Waals surface area contributed by atoms with Gasteiger partial charge in [0.25, 0.3) is 5.91 Å². The van der Waals surface area contributed by atoms with E-state index in [2.05, 4.69) is 22.4 Å². The molecule has 2 aliphatic rings. The highest BCUT2D eigenvalue weighted by atomic mass is 35.5. The standard InChI is InChI=1S/C26H24ClN5O/c1-16-23-20(25(33)29-15-26(11-12-26)18-7-9-19(27)10-8-18)14-21(17-5-6-17)30-24(23)32(31-16)22-4-2-3-13-28-22/h2-4,7-10,13-14,17H,5-6,11-12,15H2,1H3,(H,29,33). The molecule has 0 aliphatic heterocycles. The van der Waals surface area contributed by atoms with Crippen molar-refractivity contribution in [2.24, 2.45) is 0 Å². The zero-order valence-corrected chi connectivity index (χ0v) is 19.1. The zero-order valence-electron chi connectivity index (χ0n) is 18.4. The van der Waals surface area contributed by atoms with Crippen molar-refractivity contribution in [3.8, 4) is 5.82 Å². The predicted molar refractivity (Wildman–Crippen MR) is 128 cm³/mol. The number of carbonyl (C=O) groups is 1. The second-order valence-electron chi connectivity index (χ2n) is 9.22. The van der Waals surface area contributed by atoms with Crippen molar-refractivity contribution in [1.82, 2.24) is 25.1 Å². The molecule has 0 spiro atoms. The molecule has 6 rings (SSSR count). The van der Waals surface area contributed by atoms with E-state index in [4.69, 9.17) is 21.7 Å². The van der Waals surface area contributed by atoms with E-state index in [1.165, 1.54) is 5.56 Å². The Labute approximate surface area is 197 Å². The monoisotopic (exact) mass is 457 g/mol. The van der Waals surface area contributed by atoms with Gasteiger partial charge in [0, 0.05) is 34.8 Å². The summed E-state index contributed by atoms with van der Waals surface area (Å²) in [6.07, 6.45) is 6.07. The molecule has 2 saturated carbocycles. The summed E-state index contributed by atoms with van der Waals surface area (Å²) in [6.45, 7) is 2.52. The van der Waals surface area contributed by atoms with Crippen LogP contribution in [0.4, 0.5) is 0 Å². The van der Waals surface area contributed by atoms with Crippen molar-refractivity contribution < 1.29 is 4.79 Å². The molecule has 1 aromatic carbocycles. The molecular formula is C26H24ClN5O. The van der Waals surface area contributed by atoms with Crippen LogP contribution in [0.2, 0.25) is 5.02 Å². The van der Waals surface area contributed by atoms with Gasteiger partial charge in [0.15, 0.2) is 11.5 Å². The summed E-state index contributed by atoms with van der Waals surface area (Å²) in [5.74, 6) is 1.03. The smallest absolute Gasteiger partial charge is 0.252 e. The minimum atomic E-state index is -0.0757. The van der Waals surface area contributed by atoms with E-state index in [1.54, 1.807) is 10.9 Å². The van der Waals surface area contributed by atoms with Gasteiger partial charge in [0.1, 0.15) is 0 Å². The third-order valence-electron chi connectivity index (χ3n) is 6.84. The average Bonchev–Trinajstić information content (AvgIpc) is 3.77. The first-order valence-electron chi connectivity index (χ1n) is 11.4. The third-order valence-corrected chi connectivity index (χ3v) is 7.09. The number of carbonyl (C=O) groups excluding carboxylic acids is 1. The van der Waals surface area contributed by atoms with Crippen LogP contribution in [0.15, 0.2) is 54.7 Å². The number of fused-ring (bicyclic) bond motifs is 1. The van der Waals surface area contributed by atoms with Crippen LogP contribution >= 0.6 is 11.6 Å². The third kappa shape index (κ3) is 3.68. The maximum Gasteiger partial charge on any atom is 0.252 e. The molecule has 6 nitrogen and oxygen atoms in total. The molecule has 1 N–H and O–H groups in total. The predicted octanol–water partition coefficient (Wildman–Crippen LogP) is 5.12. The zero-order chi connectivity index (χ0) is 22.6. The molecule has 0 bridgehead atoms. The van der Waals surface area contributed by atoms with Crippen LogP contribution in [0, 0.1) is 6.92 Å². The molecule has 2 fully saturated rings. The van der Waals surface area contributed by atoms with Crippen molar-refractivity contribution in [1.29, 1.82) is 0 Å². The van der Waals surface area contributed by atoms with Crippen LogP contribution in [0.1, 0.15) is 58.9 Å². The van der Waals surface area contributed by atoms with E-state index in [0.717, 1.165) is 47.5 Å². The summed E-state index contributed by atoms with van der Waals surface area (Å²) in [4.78, 5) is 22.9. The van der Waals surface area contributed by atoms with Gasteiger partial charge in [0.2, 0.25) is 0 Å². The highest BCUT2D eigenvalue weighted by Crippen LogP contribution is 2.48. The Morgan fingerprint density at radius 1 is 1.18 bits per heavy atom. The molecule has 2 aliphatic carbocycles. The fraction of sp³-hybridized carbons (Fsp3) is 0.308. The van der Waals surface area contributed by atoms with Crippen LogP contribution in [-0.4, -0.2) is 32.2 Å². The Kier molecular flexibility index (Phi) is 4.73. The Morgan fingerprint density at radius 3 is 2.64 bits per heavy atom. The van der Waals surface area contributed by atoms with Gasteiger partial charge >= 0.3 is 0 Å². The Hall–Kier alpha value is -3.25. The van der Waals surface area contributed by atoms with Crippen molar-refractivity contribution in [3.63, 3.8) is 0 Å². The van der Waals surface area contributed by atoms with Crippen molar-refractivity contribution >= 4 is 28.5 Å². The van der Waals surface area contributed by atoms with Gasteiger partial charge in [-0.3, -0.25) is 4.79 Å². The van der Waals surface area contributed by atoms with Crippen molar-refractivity contribution in [2.75, 3.05) is 6.54 Å². The fourth-order valence-electron chi connectivity index (χ4n) is 4.58. The molecule has 0 radical (unpaired) electrons. The number of amides is 1. The number of hydrogen-bond acceptors (Lipinski definition) is 4. The van der Waals surface area contributed by atoms with Gasteiger partial charge in [-0.15, -0.1) is 0 Å². The van der Waals surface area contributed by atoms with Crippen molar-refractivity contribution in [3.05, 3.63) is 82.3 Å². The van der Waals surface area contributed by atoms with Crippen LogP contribution in [0.3, 0.4) is 0 Å². The molecular weight excluding hydrogens is 434 g/mol. The first-order valence-corrected chi connectivity index (χ1v) is 11.8. The van der Waals surface area contributed by atoms with Gasteiger partial charge < -0.3 is 5.32 Å². The lowest BCUT2D eigenvalue weighted by Crippen LogP contribution is -2.32. The Morgan fingerprint density at radius 2 is 1.97 bits per heavy atom. The lowest BCUT2D eigenvalue weighted by molar-refractivity contribution is 0.0951. The van der Waals surface area contributed by atoms with Crippen molar-refractivity contribution in [2.45, 2.75) is 43.9 Å². The summed E-state index contributed by atoms with van der Waals surface area (Å²) >= 11 is 6.06. The number of rotatable bonds is 6. The van der Waals surface area contributed by atoms with Gasteiger partial charge in [0.05, 0.1) is 16.6 Å². The highest BCUT2D eigenvalue weighted by molar-refractivity contribution is 6.30. The van der Waals surface area contributed by atoms with Crippen LogP contribution in [0.5, 0.6) is 0 Å². The summed E-state index contributed by atoms with van der Waals surface area (Å²) in [5, 5.41) is 9.44. The van der Waals surface area contributed by atoms with E-state index in [9.17, 15) is 4.79 Å². The number of nitrogens with zero attached hydrogens (tertiary/aromatic N) is 4. The van der Waals surface area contributed by atoms with Gasteiger partial charge in [-0.2, -0.15) is 9.78 Å². The summed E-state index contributed by atoms with van der Waals surface area (Å²) in [5.41, 5.74) is 4.30. The lowest BCUT2D eigenvalue weighted by Gasteiger charge is -2.17. The number of aromatic nitrogens is 4. The number of halogens is 1. The summed E-state index contributed by atoms with van der Waals surface area (Å²) in [6, 6.07) is 15.6. The minimum Gasteiger partial charge on any atom is -0.351 e. The number of pyridine rings is 2. The number of benzene rings is 1. The molecule has 7 heteroatoms. The number of nitrogens with one attached hydrogen (secondary N) is 1. The summed E-state index contributed by atoms with van der Waals surface area (Å²) in [7, 11) is 0. The minimum absolute atomic E-state index is 0.00109. The average molecular weight is 458 g/mol. The normalized spacial score (nSPS) is 16.7.